The maximum absolute atomic E-state index is 12.5. The van der Waals surface area contributed by atoms with E-state index in [1.165, 1.54) is 0 Å². The minimum Gasteiger partial charge on any atom is -0.316 e. The van der Waals surface area contributed by atoms with Crippen LogP contribution in [-0.2, 0) is 16.4 Å². The maximum atomic E-state index is 12.5. The predicted octanol–water partition coefficient (Wildman–Crippen LogP) is 2.30. The number of benzene rings is 1. The van der Waals surface area contributed by atoms with Gasteiger partial charge >= 0.3 is 0 Å². The van der Waals surface area contributed by atoms with Crippen molar-refractivity contribution in [2.45, 2.75) is 57.0 Å². The van der Waals surface area contributed by atoms with E-state index in [2.05, 4.69) is 30.8 Å². The highest BCUT2D eigenvalue weighted by molar-refractivity contribution is 7.89. The highest BCUT2D eigenvalue weighted by Crippen LogP contribution is 2.27. The minimum absolute atomic E-state index is 0.0650. The lowest BCUT2D eigenvalue weighted by Crippen LogP contribution is -2.40. The van der Waals surface area contributed by atoms with Crippen molar-refractivity contribution in [3.63, 3.8) is 0 Å². The van der Waals surface area contributed by atoms with Gasteiger partial charge in [-0.05, 0) is 43.4 Å². The zero-order valence-corrected chi connectivity index (χ0v) is 14.1. The van der Waals surface area contributed by atoms with Crippen LogP contribution >= 0.6 is 0 Å². The Kier molecular flexibility index (Phi) is 4.76. The number of hydrogen-bond acceptors (Lipinski definition) is 3. The summed E-state index contributed by atoms with van der Waals surface area (Å²) in [4.78, 5) is 0.418. The lowest BCUT2D eigenvalue weighted by atomic mass is 9.83. The quantitative estimate of drug-likeness (QED) is 0.847. The van der Waals surface area contributed by atoms with Gasteiger partial charge in [-0.1, -0.05) is 39.0 Å². The molecule has 2 N–H and O–H groups in total. The Morgan fingerprint density at radius 2 is 1.86 bits per heavy atom. The van der Waals surface area contributed by atoms with E-state index < -0.39 is 10.0 Å². The monoisotopic (exact) mass is 310 g/mol. The van der Waals surface area contributed by atoms with Gasteiger partial charge in [0.2, 0.25) is 10.0 Å². The van der Waals surface area contributed by atoms with Gasteiger partial charge in [-0.15, -0.1) is 0 Å². The molecular formula is C16H26N2O2S. The van der Waals surface area contributed by atoms with Crippen molar-refractivity contribution < 1.29 is 8.42 Å². The number of nitrogens with one attached hydrogen (secondary N) is 2. The van der Waals surface area contributed by atoms with Gasteiger partial charge < -0.3 is 5.32 Å². The molecule has 0 aromatic heterocycles. The Labute approximate surface area is 128 Å². The third-order valence-corrected chi connectivity index (χ3v) is 5.60. The number of likely N-dealkylation sites (N-methyl/N-ethyl adjacent to an activating group) is 1. The second-order valence-corrected chi connectivity index (χ2v) is 8.60. The van der Waals surface area contributed by atoms with E-state index in [0.29, 0.717) is 11.3 Å². The molecule has 118 valence electrons. The average molecular weight is 310 g/mol. The summed E-state index contributed by atoms with van der Waals surface area (Å²) in [5.74, 6) is 0. The van der Waals surface area contributed by atoms with Gasteiger partial charge in [-0.2, -0.15) is 0 Å². The van der Waals surface area contributed by atoms with Crippen molar-refractivity contribution in [3.8, 4) is 0 Å². The molecule has 4 nitrogen and oxygen atoms in total. The molecule has 1 aliphatic rings. The molecule has 2 rings (SSSR count). The summed E-state index contributed by atoms with van der Waals surface area (Å²) in [6.07, 6.45) is 2.59. The molecule has 0 heterocycles. The standard InChI is InChI=1S/C16H26N2O2S/c1-16(2,3)15(17-4)11-12-7-5-6-8-14(12)21(19,20)18-13-9-10-13/h5-8,13,15,17-18H,9-11H2,1-4H3. The first-order valence-corrected chi connectivity index (χ1v) is 9.00. The molecule has 1 unspecified atom stereocenters. The Morgan fingerprint density at radius 1 is 1.24 bits per heavy atom. The Morgan fingerprint density at radius 3 is 2.38 bits per heavy atom. The van der Waals surface area contributed by atoms with E-state index in [1.807, 2.05) is 19.2 Å². The Balaban J connectivity index is 2.28. The summed E-state index contributed by atoms with van der Waals surface area (Å²) in [5, 5.41) is 3.31. The first-order chi connectivity index (χ1) is 9.74. The molecule has 1 fully saturated rings. The van der Waals surface area contributed by atoms with E-state index in [4.69, 9.17) is 0 Å². The van der Waals surface area contributed by atoms with Crippen LogP contribution in [0.4, 0.5) is 0 Å². The highest BCUT2D eigenvalue weighted by atomic mass is 32.2. The largest absolute Gasteiger partial charge is 0.316 e. The van der Waals surface area contributed by atoms with E-state index in [-0.39, 0.29) is 17.5 Å². The summed E-state index contributed by atoms with van der Waals surface area (Å²) in [6.45, 7) is 6.48. The summed E-state index contributed by atoms with van der Waals surface area (Å²) >= 11 is 0. The van der Waals surface area contributed by atoms with Crippen LogP contribution in [0.1, 0.15) is 39.2 Å². The lowest BCUT2D eigenvalue weighted by molar-refractivity contribution is 0.279. The third kappa shape index (κ3) is 4.28. The molecule has 0 spiro atoms. The van der Waals surface area contributed by atoms with Crippen molar-refractivity contribution >= 4 is 10.0 Å². The smallest absolute Gasteiger partial charge is 0.241 e. The second-order valence-electron chi connectivity index (χ2n) is 6.91. The summed E-state index contributed by atoms with van der Waals surface area (Å²) in [7, 11) is -1.48. The van der Waals surface area contributed by atoms with Gasteiger partial charge in [-0.3, -0.25) is 0 Å². The zero-order chi connectivity index (χ0) is 15.7. The number of hydrogen-bond donors (Lipinski definition) is 2. The van der Waals surface area contributed by atoms with Crippen molar-refractivity contribution in [3.05, 3.63) is 29.8 Å². The third-order valence-electron chi connectivity index (χ3n) is 3.98. The topological polar surface area (TPSA) is 58.2 Å². The van der Waals surface area contributed by atoms with Crippen molar-refractivity contribution in [1.82, 2.24) is 10.0 Å². The number of sulfonamides is 1. The van der Waals surface area contributed by atoms with Crippen molar-refractivity contribution in [2.75, 3.05) is 7.05 Å². The highest BCUT2D eigenvalue weighted by Gasteiger charge is 2.30. The van der Waals surface area contributed by atoms with Crippen LogP contribution in [0.3, 0.4) is 0 Å². The van der Waals surface area contributed by atoms with Gasteiger partial charge in [0.15, 0.2) is 0 Å². The minimum atomic E-state index is -3.40. The molecule has 1 atom stereocenters. The average Bonchev–Trinajstić information content (AvgIpc) is 3.18. The molecule has 0 amide bonds. The van der Waals surface area contributed by atoms with E-state index >= 15 is 0 Å². The van der Waals surface area contributed by atoms with E-state index in [1.54, 1.807) is 12.1 Å². The van der Waals surface area contributed by atoms with Gasteiger partial charge in [-0.25, -0.2) is 13.1 Å². The zero-order valence-electron chi connectivity index (χ0n) is 13.3. The summed E-state index contributed by atoms with van der Waals surface area (Å²) in [6, 6.07) is 7.66. The molecule has 1 saturated carbocycles. The van der Waals surface area contributed by atoms with Crippen LogP contribution in [0, 0.1) is 5.41 Å². The molecule has 1 aliphatic carbocycles. The van der Waals surface area contributed by atoms with Gasteiger partial charge in [0.1, 0.15) is 0 Å². The predicted molar refractivity (Wildman–Crippen MR) is 85.8 cm³/mol. The van der Waals surface area contributed by atoms with E-state index in [0.717, 1.165) is 18.4 Å². The summed E-state index contributed by atoms with van der Waals surface area (Å²) < 4.78 is 27.8. The van der Waals surface area contributed by atoms with Crippen molar-refractivity contribution in [1.29, 1.82) is 0 Å². The molecule has 5 heteroatoms. The fraction of sp³-hybridized carbons (Fsp3) is 0.625. The van der Waals surface area contributed by atoms with Crippen LogP contribution in [0.25, 0.3) is 0 Å². The van der Waals surface area contributed by atoms with Crippen LogP contribution in [0.2, 0.25) is 0 Å². The van der Waals surface area contributed by atoms with Crippen molar-refractivity contribution in [2.24, 2.45) is 5.41 Å². The van der Waals surface area contributed by atoms with E-state index in [9.17, 15) is 8.42 Å². The molecule has 0 saturated heterocycles. The second kappa shape index (κ2) is 6.07. The molecule has 0 bridgehead atoms. The first kappa shape index (κ1) is 16.5. The molecule has 1 aromatic carbocycles. The lowest BCUT2D eigenvalue weighted by Gasteiger charge is -2.31. The Hall–Kier alpha value is -0.910. The molecule has 21 heavy (non-hydrogen) atoms. The maximum Gasteiger partial charge on any atom is 0.241 e. The molecule has 0 radical (unpaired) electrons. The van der Waals surface area contributed by atoms with Gasteiger partial charge in [0.05, 0.1) is 4.90 Å². The Bertz CT molecular complexity index is 587. The first-order valence-electron chi connectivity index (χ1n) is 7.51. The fourth-order valence-corrected chi connectivity index (χ4v) is 4.04. The number of rotatable bonds is 6. The van der Waals surface area contributed by atoms with Crippen LogP contribution < -0.4 is 10.0 Å². The van der Waals surface area contributed by atoms with Gasteiger partial charge in [0.25, 0.3) is 0 Å². The van der Waals surface area contributed by atoms with Gasteiger partial charge in [0, 0.05) is 12.1 Å². The van der Waals surface area contributed by atoms with Crippen LogP contribution in [0.5, 0.6) is 0 Å². The normalized spacial score (nSPS) is 17.7. The SMILES string of the molecule is CNC(Cc1ccccc1S(=O)(=O)NC1CC1)C(C)(C)C. The molecule has 0 aliphatic heterocycles. The van der Waals surface area contributed by atoms with Crippen LogP contribution in [-0.4, -0.2) is 27.5 Å². The summed E-state index contributed by atoms with van der Waals surface area (Å²) in [5.41, 5.74) is 0.940. The fourth-order valence-electron chi connectivity index (χ4n) is 2.48. The molecular weight excluding hydrogens is 284 g/mol. The van der Waals surface area contributed by atoms with Crippen LogP contribution in [0.15, 0.2) is 29.2 Å². The molecule has 1 aromatic rings.